The zero-order chi connectivity index (χ0) is 16.2. The van der Waals surface area contributed by atoms with Gasteiger partial charge in [-0.05, 0) is 6.92 Å². The Hall–Kier alpha value is -2.46. The molecule has 1 aliphatic rings. The van der Waals surface area contributed by atoms with E-state index in [2.05, 4.69) is 26.1 Å². The lowest BCUT2D eigenvalue weighted by atomic mass is 10.2. The van der Waals surface area contributed by atoms with Crippen molar-refractivity contribution < 1.29 is 18.8 Å². The molecule has 0 bridgehead atoms. The van der Waals surface area contributed by atoms with Crippen molar-refractivity contribution >= 4 is 11.8 Å². The zero-order valence-corrected chi connectivity index (χ0v) is 12.9. The van der Waals surface area contributed by atoms with Crippen LogP contribution in [0.4, 0.5) is 10.6 Å². The van der Waals surface area contributed by atoms with Gasteiger partial charge in [0.1, 0.15) is 23.6 Å². The lowest BCUT2D eigenvalue weighted by molar-refractivity contribution is 0.0661. The van der Waals surface area contributed by atoms with Crippen molar-refractivity contribution in [2.24, 2.45) is 0 Å². The topological polar surface area (TPSA) is 116 Å². The van der Waals surface area contributed by atoms with Gasteiger partial charge in [-0.1, -0.05) is 10.4 Å². The normalized spacial score (nSPS) is 20.6. The van der Waals surface area contributed by atoms with Gasteiger partial charge in [0, 0.05) is 13.2 Å². The van der Waals surface area contributed by atoms with Crippen LogP contribution in [0, 0.1) is 6.92 Å². The quantitative estimate of drug-likeness (QED) is 0.822. The second-order valence-corrected chi connectivity index (χ2v) is 5.20. The fraction of sp³-hybridized carbons (Fsp3) is 0.538. The van der Waals surface area contributed by atoms with Crippen LogP contribution in [0.5, 0.6) is 0 Å². The minimum atomic E-state index is -0.396. The highest BCUT2D eigenvalue weighted by Crippen LogP contribution is 2.20. The van der Waals surface area contributed by atoms with Gasteiger partial charge in [0.2, 0.25) is 0 Å². The number of carbonyl (C=O) groups excluding carboxylic acids is 1. The SMILES string of the molecule is CO[C@@H]1COC[C@H]1n1cc(CNC(=O)Nc2cc(C)on2)nn1. The first-order valence-electron chi connectivity index (χ1n) is 7.15. The molecule has 2 aromatic rings. The van der Waals surface area contributed by atoms with E-state index in [0.29, 0.717) is 30.5 Å². The van der Waals surface area contributed by atoms with Gasteiger partial charge in [-0.25, -0.2) is 9.48 Å². The number of amides is 2. The molecule has 10 heteroatoms. The molecule has 0 spiro atoms. The molecular weight excluding hydrogens is 304 g/mol. The number of nitrogens with zero attached hydrogens (tertiary/aromatic N) is 4. The maximum absolute atomic E-state index is 11.8. The third-order valence-electron chi connectivity index (χ3n) is 3.50. The van der Waals surface area contributed by atoms with Gasteiger partial charge in [-0.15, -0.1) is 5.10 Å². The lowest BCUT2D eigenvalue weighted by Gasteiger charge is -2.15. The van der Waals surface area contributed by atoms with E-state index in [4.69, 9.17) is 14.0 Å². The van der Waals surface area contributed by atoms with Crippen LogP contribution in [-0.2, 0) is 16.0 Å². The maximum Gasteiger partial charge on any atom is 0.320 e. The van der Waals surface area contributed by atoms with Crippen LogP contribution >= 0.6 is 0 Å². The Labute approximate surface area is 132 Å². The molecule has 0 aliphatic carbocycles. The molecule has 1 fully saturated rings. The molecule has 2 aromatic heterocycles. The summed E-state index contributed by atoms with van der Waals surface area (Å²) in [4.78, 5) is 11.8. The van der Waals surface area contributed by atoms with Crippen LogP contribution in [0.1, 0.15) is 17.5 Å². The summed E-state index contributed by atoms with van der Waals surface area (Å²) in [6.45, 7) is 3.05. The molecule has 3 heterocycles. The molecule has 1 aliphatic heterocycles. The van der Waals surface area contributed by atoms with Crippen molar-refractivity contribution in [3.8, 4) is 0 Å². The van der Waals surface area contributed by atoms with Gasteiger partial charge in [0.25, 0.3) is 0 Å². The summed E-state index contributed by atoms with van der Waals surface area (Å²) in [5.41, 5.74) is 0.637. The molecule has 2 atom stereocenters. The molecule has 2 N–H and O–H groups in total. The molecule has 0 radical (unpaired) electrons. The minimum Gasteiger partial charge on any atom is -0.377 e. The number of aryl methyl sites for hydroxylation is 1. The van der Waals surface area contributed by atoms with E-state index in [0.717, 1.165) is 0 Å². The first-order valence-corrected chi connectivity index (χ1v) is 7.15. The van der Waals surface area contributed by atoms with Crippen LogP contribution in [0.25, 0.3) is 0 Å². The van der Waals surface area contributed by atoms with Crippen molar-refractivity contribution in [2.75, 3.05) is 25.6 Å². The Morgan fingerprint density at radius 2 is 2.39 bits per heavy atom. The van der Waals surface area contributed by atoms with Crippen molar-refractivity contribution in [1.82, 2.24) is 25.5 Å². The number of nitrogens with one attached hydrogen (secondary N) is 2. The van der Waals surface area contributed by atoms with Gasteiger partial charge in [-0.3, -0.25) is 5.32 Å². The average molecular weight is 322 g/mol. The van der Waals surface area contributed by atoms with Gasteiger partial charge >= 0.3 is 6.03 Å². The van der Waals surface area contributed by atoms with Crippen molar-refractivity contribution in [3.63, 3.8) is 0 Å². The van der Waals surface area contributed by atoms with Gasteiger partial charge in [-0.2, -0.15) is 0 Å². The lowest BCUT2D eigenvalue weighted by Crippen LogP contribution is -2.28. The second-order valence-electron chi connectivity index (χ2n) is 5.20. The summed E-state index contributed by atoms with van der Waals surface area (Å²) in [7, 11) is 1.64. The van der Waals surface area contributed by atoms with E-state index in [1.165, 1.54) is 0 Å². The van der Waals surface area contributed by atoms with Crippen LogP contribution in [-0.4, -0.2) is 52.6 Å². The predicted molar refractivity (Wildman–Crippen MR) is 77.8 cm³/mol. The highest BCUT2D eigenvalue weighted by atomic mass is 16.5. The minimum absolute atomic E-state index is 0.00631. The summed E-state index contributed by atoms with van der Waals surface area (Å²) in [6, 6.07) is 1.22. The van der Waals surface area contributed by atoms with Crippen molar-refractivity contribution in [1.29, 1.82) is 0 Å². The van der Waals surface area contributed by atoms with Crippen LogP contribution in [0.2, 0.25) is 0 Å². The van der Waals surface area contributed by atoms with E-state index in [9.17, 15) is 4.79 Å². The van der Waals surface area contributed by atoms with E-state index >= 15 is 0 Å². The van der Waals surface area contributed by atoms with Crippen molar-refractivity contribution in [3.05, 3.63) is 23.7 Å². The van der Waals surface area contributed by atoms with Crippen molar-refractivity contribution in [2.45, 2.75) is 25.6 Å². The molecule has 0 aromatic carbocycles. The Kier molecular flexibility index (Phi) is 4.53. The van der Waals surface area contributed by atoms with E-state index in [1.54, 1.807) is 31.0 Å². The molecule has 10 nitrogen and oxygen atoms in total. The standard InChI is InChI=1S/C13H18N6O4/c1-8-3-12(17-23-8)15-13(20)14-4-9-5-19(18-16-9)10-6-22-7-11(10)21-2/h3,5,10-11H,4,6-7H2,1-2H3,(H2,14,15,17,20)/t10-,11-/m1/s1. The highest BCUT2D eigenvalue weighted by Gasteiger charge is 2.30. The Morgan fingerprint density at radius 3 is 3.13 bits per heavy atom. The number of rotatable bonds is 5. The maximum atomic E-state index is 11.8. The van der Waals surface area contributed by atoms with E-state index < -0.39 is 6.03 Å². The Bertz CT molecular complexity index is 669. The second kappa shape index (κ2) is 6.75. The fourth-order valence-corrected chi connectivity index (χ4v) is 2.31. The molecule has 2 amide bonds. The van der Waals surface area contributed by atoms with E-state index in [1.807, 2.05) is 0 Å². The fourth-order valence-electron chi connectivity index (χ4n) is 2.31. The number of methoxy groups -OCH3 is 1. The number of carbonyl (C=O) groups is 1. The first-order chi connectivity index (χ1) is 11.2. The molecule has 0 saturated carbocycles. The Morgan fingerprint density at radius 1 is 1.52 bits per heavy atom. The largest absolute Gasteiger partial charge is 0.377 e. The van der Waals surface area contributed by atoms with Crippen LogP contribution < -0.4 is 10.6 Å². The smallest absolute Gasteiger partial charge is 0.320 e. The van der Waals surface area contributed by atoms with Gasteiger partial charge < -0.3 is 19.3 Å². The summed E-state index contributed by atoms with van der Waals surface area (Å²) < 4.78 is 17.3. The third-order valence-corrected chi connectivity index (χ3v) is 3.50. The molecule has 124 valence electrons. The predicted octanol–water partition coefficient (Wildman–Crippen LogP) is 0.483. The summed E-state index contributed by atoms with van der Waals surface area (Å²) in [6.07, 6.45) is 1.72. The summed E-state index contributed by atoms with van der Waals surface area (Å²) >= 11 is 0. The van der Waals surface area contributed by atoms with Crippen LogP contribution in [0.15, 0.2) is 16.8 Å². The third kappa shape index (κ3) is 3.66. The number of anilines is 1. The molecule has 0 unspecified atom stereocenters. The number of ether oxygens (including phenoxy) is 2. The molecular formula is C13H18N6O4. The molecule has 3 rings (SSSR count). The first kappa shape index (κ1) is 15.4. The number of hydrogen-bond donors (Lipinski definition) is 2. The molecule has 1 saturated heterocycles. The molecule has 23 heavy (non-hydrogen) atoms. The summed E-state index contributed by atoms with van der Waals surface area (Å²) in [5, 5.41) is 17.0. The number of aromatic nitrogens is 4. The van der Waals surface area contributed by atoms with Gasteiger partial charge in [0.05, 0.1) is 26.0 Å². The van der Waals surface area contributed by atoms with Crippen LogP contribution in [0.3, 0.4) is 0 Å². The highest BCUT2D eigenvalue weighted by molar-refractivity contribution is 5.88. The number of hydrogen-bond acceptors (Lipinski definition) is 7. The van der Waals surface area contributed by atoms with E-state index in [-0.39, 0.29) is 18.7 Å². The Balaban J connectivity index is 1.52. The zero-order valence-electron chi connectivity index (χ0n) is 12.9. The monoisotopic (exact) mass is 322 g/mol. The van der Waals surface area contributed by atoms with Gasteiger partial charge in [0.15, 0.2) is 5.82 Å². The summed E-state index contributed by atoms with van der Waals surface area (Å²) in [5.74, 6) is 0.976. The average Bonchev–Trinajstić information content (AvgIpc) is 3.24. The number of urea groups is 1.